The third-order valence-electron chi connectivity index (χ3n) is 2.89. The zero-order chi connectivity index (χ0) is 16.7. The molecule has 0 radical (unpaired) electrons. The lowest BCUT2D eigenvalue weighted by Crippen LogP contribution is -2.14. The molecule has 0 aliphatic carbocycles. The number of rotatable bonds is 1. The Morgan fingerprint density at radius 3 is 1.68 bits per heavy atom. The van der Waals surface area contributed by atoms with Crippen molar-refractivity contribution in [1.82, 2.24) is 0 Å². The maximum absolute atomic E-state index is 13.2. The number of hydrogen-bond donors (Lipinski definition) is 0. The largest absolute Gasteiger partial charge is 0.418 e. The highest BCUT2D eigenvalue weighted by Gasteiger charge is 2.42. The molecule has 0 amide bonds. The molecule has 2 rings (SSSR count). The molecule has 22 heavy (non-hydrogen) atoms. The number of benzene rings is 2. The van der Waals surface area contributed by atoms with E-state index in [0.717, 1.165) is 6.07 Å². The van der Waals surface area contributed by atoms with E-state index in [1.54, 1.807) is 0 Å². The summed E-state index contributed by atoms with van der Waals surface area (Å²) in [5.74, 6) is 0. The smallest absolute Gasteiger partial charge is 0.166 e. The standard InChI is InChI=1S/C14H6Cl2F6/c15-8-3-1-7(2-4-8)9-5-6-10(13(17,18)19)12(16)11(9)14(20,21)22/h1-6H. The molecule has 0 N–H and O–H groups in total. The average Bonchev–Trinajstić information content (AvgIpc) is 2.36. The summed E-state index contributed by atoms with van der Waals surface area (Å²) in [6.45, 7) is 0. The predicted molar refractivity (Wildman–Crippen MR) is 71.9 cm³/mol. The summed E-state index contributed by atoms with van der Waals surface area (Å²) in [6.07, 6.45) is -10.0. The van der Waals surface area contributed by atoms with Crippen molar-refractivity contribution in [2.75, 3.05) is 0 Å². The summed E-state index contributed by atoms with van der Waals surface area (Å²) >= 11 is 11.0. The van der Waals surface area contributed by atoms with Gasteiger partial charge in [0.2, 0.25) is 0 Å². The lowest BCUT2D eigenvalue weighted by Gasteiger charge is -2.18. The first-order valence-electron chi connectivity index (χ1n) is 5.74. The lowest BCUT2D eigenvalue weighted by atomic mass is 9.96. The summed E-state index contributed by atoms with van der Waals surface area (Å²) in [4.78, 5) is 0. The molecule has 0 unspecified atom stereocenters. The molecule has 0 saturated carbocycles. The van der Waals surface area contributed by atoms with E-state index >= 15 is 0 Å². The molecule has 8 heteroatoms. The normalized spacial score (nSPS) is 12.5. The van der Waals surface area contributed by atoms with Crippen molar-refractivity contribution in [3.8, 4) is 11.1 Å². The molecule has 2 aromatic carbocycles. The van der Waals surface area contributed by atoms with E-state index in [1.165, 1.54) is 24.3 Å². The van der Waals surface area contributed by atoms with Gasteiger partial charge in [-0.05, 0) is 29.3 Å². The third kappa shape index (κ3) is 3.33. The maximum atomic E-state index is 13.2. The highest BCUT2D eigenvalue weighted by Crippen LogP contribution is 2.46. The van der Waals surface area contributed by atoms with Crippen molar-refractivity contribution in [3.63, 3.8) is 0 Å². The van der Waals surface area contributed by atoms with Crippen LogP contribution in [0.2, 0.25) is 10.0 Å². The van der Waals surface area contributed by atoms with Crippen LogP contribution in [-0.4, -0.2) is 0 Å². The van der Waals surface area contributed by atoms with Crippen molar-refractivity contribution < 1.29 is 26.3 Å². The van der Waals surface area contributed by atoms with Crippen LogP contribution in [0.3, 0.4) is 0 Å². The molecular weight excluding hydrogens is 353 g/mol. The van der Waals surface area contributed by atoms with Gasteiger partial charge >= 0.3 is 12.4 Å². The van der Waals surface area contributed by atoms with Gasteiger partial charge in [-0.2, -0.15) is 26.3 Å². The fourth-order valence-corrected chi connectivity index (χ4v) is 2.45. The van der Waals surface area contributed by atoms with E-state index in [2.05, 4.69) is 0 Å². The molecule has 0 aliphatic rings. The second-order valence-electron chi connectivity index (χ2n) is 4.35. The second-order valence-corrected chi connectivity index (χ2v) is 5.17. The van der Waals surface area contributed by atoms with Crippen LogP contribution < -0.4 is 0 Å². The van der Waals surface area contributed by atoms with Crippen molar-refractivity contribution in [2.24, 2.45) is 0 Å². The summed E-state index contributed by atoms with van der Waals surface area (Å²) < 4.78 is 77.7. The van der Waals surface area contributed by atoms with Gasteiger partial charge in [-0.3, -0.25) is 0 Å². The van der Waals surface area contributed by atoms with Crippen LogP contribution in [0.4, 0.5) is 26.3 Å². The van der Waals surface area contributed by atoms with Crippen LogP contribution in [-0.2, 0) is 12.4 Å². The first kappa shape index (κ1) is 17.0. The second kappa shape index (κ2) is 5.66. The Morgan fingerprint density at radius 1 is 0.682 bits per heavy atom. The highest BCUT2D eigenvalue weighted by molar-refractivity contribution is 6.33. The lowest BCUT2D eigenvalue weighted by molar-refractivity contribution is -0.142. The van der Waals surface area contributed by atoms with Gasteiger partial charge in [0.15, 0.2) is 0 Å². The number of halogens is 8. The quantitative estimate of drug-likeness (QED) is 0.497. The SMILES string of the molecule is FC(F)(F)c1ccc(-c2ccc(Cl)cc2)c(C(F)(F)F)c1Cl. The van der Waals surface area contributed by atoms with Crippen molar-refractivity contribution in [1.29, 1.82) is 0 Å². The maximum Gasteiger partial charge on any atom is 0.418 e. The third-order valence-corrected chi connectivity index (χ3v) is 3.53. The van der Waals surface area contributed by atoms with Crippen LogP contribution in [0.15, 0.2) is 36.4 Å². The van der Waals surface area contributed by atoms with Gasteiger partial charge < -0.3 is 0 Å². The van der Waals surface area contributed by atoms with Crippen LogP contribution >= 0.6 is 23.2 Å². The van der Waals surface area contributed by atoms with E-state index in [-0.39, 0.29) is 10.6 Å². The molecule has 118 valence electrons. The molecular formula is C14H6Cl2F6. The van der Waals surface area contributed by atoms with Gasteiger partial charge in [0, 0.05) is 5.02 Å². The van der Waals surface area contributed by atoms with Gasteiger partial charge in [-0.25, -0.2) is 0 Å². The van der Waals surface area contributed by atoms with Gasteiger partial charge in [-0.1, -0.05) is 41.4 Å². The Bertz CT molecular complexity index is 686. The fraction of sp³-hybridized carbons (Fsp3) is 0.143. The molecule has 0 saturated heterocycles. The van der Waals surface area contributed by atoms with E-state index in [4.69, 9.17) is 23.2 Å². The van der Waals surface area contributed by atoms with Gasteiger partial charge in [-0.15, -0.1) is 0 Å². The van der Waals surface area contributed by atoms with E-state index in [1.807, 2.05) is 0 Å². The van der Waals surface area contributed by atoms with Gasteiger partial charge in [0.1, 0.15) is 0 Å². The summed E-state index contributed by atoms with van der Waals surface area (Å²) in [6, 6.07) is 6.50. The molecule has 0 heterocycles. The van der Waals surface area contributed by atoms with E-state index in [0.29, 0.717) is 6.07 Å². The Labute approximate surface area is 131 Å². The summed E-state index contributed by atoms with van der Waals surface area (Å²) in [7, 11) is 0. The first-order valence-corrected chi connectivity index (χ1v) is 6.50. The Morgan fingerprint density at radius 2 is 1.23 bits per heavy atom. The molecule has 0 bridgehead atoms. The highest BCUT2D eigenvalue weighted by atomic mass is 35.5. The minimum absolute atomic E-state index is 0.0624. The predicted octanol–water partition coefficient (Wildman–Crippen LogP) is 6.70. The van der Waals surface area contributed by atoms with Crippen LogP contribution in [0, 0.1) is 0 Å². The van der Waals surface area contributed by atoms with Crippen molar-refractivity contribution in [2.45, 2.75) is 12.4 Å². The monoisotopic (exact) mass is 358 g/mol. The topological polar surface area (TPSA) is 0 Å². The Kier molecular flexibility index (Phi) is 4.37. The fourth-order valence-electron chi connectivity index (χ4n) is 1.94. The minimum Gasteiger partial charge on any atom is -0.166 e. The van der Waals surface area contributed by atoms with Crippen LogP contribution in [0.1, 0.15) is 11.1 Å². The summed E-state index contributed by atoms with van der Waals surface area (Å²) in [5, 5.41) is -1.08. The minimum atomic E-state index is -5.03. The molecule has 0 aliphatic heterocycles. The number of alkyl halides is 6. The average molecular weight is 359 g/mol. The molecule has 2 aromatic rings. The van der Waals surface area contributed by atoms with E-state index < -0.39 is 34.1 Å². The zero-order valence-electron chi connectivity index (χ0n) is 10.5. The molecule has 0 spiro atoms. The van der Waals surface area contributed by atoms with Crippen molar-refractivity contribution in [3.05, 3.63) is 57.6 Å². The molecule has 0 atom stereocenters. The van der Waals surface area contributed by atoms with Crippen LogP contribution in [0.5, 0.6) is 0 Å². The molecule has 0 nitrogen and oxygen atoms in total. The number of hydrogen-bond acceptors (Lipinski definition) is 0. The molecule has 0 fully saturated rings. The van der Waals surface area contributed by atoms with Crippen LogP contribution in [0.25, 0.3) is 11.1 Å². The first-order chi connectivity index (χ1) is 10.0. The Hall–Kier alpha value is -1.40. The van der Waals surface area contributed by atoms with Crippen molar-refractivity contribution >= 4 is 23.2 Å². The molecule has 0 aromatic heterocycles. The Balaban J connectivity index is 2.75. The van der Waals surface area contributed by atoms with Gasteiger partial charge in [0.25, 0.3) is 0 Å². The zero-order valence-corrected chi connectivity index (χ0v) is 12.0. The van der Waals surface area contributed by atoms with Gasteiger partial charge in [0.05, 0.1) is 16.1 Å². The van der Waals surface area contributed by atoms with E-state index in [9.17, 15) is 26.3 Å². The summed E-state index contributed by atoms with van der Waals surface area (Å²) in [5.41, 5.74) is -3.43.